The molecule has 1 aromatic heterocycles. The summed E-state index contributed by atoms with van der Waals surface area (Å²) in [5.41, 5.74) is 44.0. The Balaban J connectivity index is 0.939. The largest absolute Gasteiger partial charge is 0.310 e. The molecule has 0 saturated heterocycles. The van der Waals surface area contributed by atoms with E-state index in [1.54, 1.807) is 0 Å². The zero-order valence-electron chi connectivity index (χ0n) is 75.9. The van der Waals surface area contributed by atoms with Gasteiger partial charge in [-0.3, -0.25) is 0 Å². The highest BCUT2D eigenvalue weighted by Crippen LogP contribution is 2.64. The van der Waals surface area contributed by atoms with Crippen LogP contribution in [0.5, 0.6) is 0 Å². The summed E-state index contributed by atoms with van der Waals surface area (Å²) in [5.74, 6) is 0. The summed E-state index contributed by atoms with van der Waals surface area (Å²) in [7, 11) is 0. The second kappa shape index (κ2) is 27.9. The number of fused-ring (bicyclic) bond motifs is 17. The number of anilines is 6. The molecule has 2 aliphatic carbocycles. The summed E-state index contributed by atoms with van der Waals surface area (Å²) in [4.78, 5) is 5.55. The highest BCUT2D eigenvalue weighted by molar-refractivity contribution is 7.00. The Morgan fingerprint density at radius 2 is 0.561 bits per heavy atom. The minimum absolute atomic E-state index is 0.0533. The molecule has 0 amide bonds. The van der Waals surface area contributed by atoms with Crippen LogP contribution >= 0.6 is 0 Å². The fourth-order valence-corrected chi connectivity index (χ4v) is 20.8. The molecule has 15 aromatic carbocycles. The predicted octanol–water partition coefficient (Wildman–Crippen LogP) is 30.6. The third-order valence-electron chi connectivity index (χ3n) is 27.7. The minimum atomic E-state index is -0.550. The fourth-order valence-electron chi connectivity index (χ4n) is 20.8. The Labute approximate surface area is 731 Å². The highest BCUT2D eigenvalue weighted by Gasteiger charge is 2.53. The van der Waals surface area contributed by atoms with E-state index in [0.29, 0.717) is 0 Å². The van der Waals surface area contributed by atoms with Crippen molar-refractivity contribution >= 4 is 79.0 Å². The number of rotatable bonds is 8. The van der Waals surface area contributed by atoms with Crippen molar-refractivity contribution in [1.29, 1.82) is 0 Å². The molecule has 16 aromatic rings. The van der Waals surface area contributed by atoms with Crippen LogP contribution in [0.15, 0.2) is 309 Å². The Hall–Kier alpha value is -12.2. The van der Waals surface area contributed by atoms with Crippen LogP contribution in [0.3, 0.4) is 0 Å². The predicted molar refractivity (Wildman–Crippen MR) is 529 cm³/mol. The van der Waals surface area contributed by atoms with Crippen molar-refractivity contribution in [3.8, 4) is 83.6 Å². The highest BCUT2D eigenvalue weighted by atomic mass is 15.2. The van der Waals surface area contributed by atoms with Gasteiger partial charge in [-0.05, 0) is 220 Å². The molecule has 0 radical (unpaired) electrons. The molecule has 2 aliphatic heterocycles. The van der Waals surface area contributed by atoms with E-state index in [-0.39, 0.29) is 44.6 Å². The van der Waals surface area contributed by atoms with Crippen molar-refractivity contribution in [1.82, 2.24) is 4.57 Å². The molecule has 4 aliphatic rings. The second-order valence-corrected chi connectivity index (χ2v) is 43.0. The average Bonchev–Trinajstić information content (AvgIpc) is 1.45. The van der Waals surface area contributed by atoms with Crippen molar-refractivity contribution in [3.63, 3.8) is 0 Å². The molecule has 0 saturated carbocycles. The lowest BCUT2D eigenvalue weighted by atomic mass is 9.33. The van der Waals surface area contributed by atoms with Gasteiger partial charge in [-0.15, -0.1) is 0 Å². The number of benzene rings is 15. The normalized spacial score (nSPS) is 14.1. The number of nitrogens with zero attached hydrogens (tertiary/aromatic N) is 3. The Bertz CT molecular complexity index is 6760. The molecule has 3 heterocycles. The number of hydrogen-bond acceptors (Lipinski definition) is 2. The fraction of sp³-hybridized carbons (Fsp3) is 0.244. The zero-order valence-corrected chi connectivity index (χ0v) is 75.9. The maximum atomic E-state index is 2.78. The van der Waals surface area contributed by atoms with Crippen LogP contribution in [0, 0.1) is 0 Å². The molecule has 1 spiro atoms. The minimum Gasteiger partial charge on any atom is -0.310 e. The molecule has 608 valence electrons. The van der Waals surface area contributed by atoms with Crippen molar-refractivity contribution < 1.29 is 0 Å². The van der Waals surface area contributed by atoms with E-state index in [1.807, 2.05) is 0 Å². The Kier molecular flexibility index (Phi) is 18.0. The van der Waals surface area contributed by atoms with Gasteiger partial charge in [0.2, 0.25) is 0 Å². The van der Waals surface area contributed by atoms with E-state index >= 15 is 0 Å². The number of aromatic nitrogens is 1. The lowest BCUT2D eigenvalue weighted by molar-refractivity contribution is 0.569. The molecular formula is C119H114BN3. The molecule has 0 fully saturated rings. The van der Waals surface area contributed by atoms with Crippen molar-refractivity contribution in [2.24, 2.45) is 0 Å². The SMILES string of the molecule is CC(C)(C)c1ccc(-c2cccc(-c3ccc(C(C)(C)C)cc3)c2N2c3cc(-c4cc(C(C)(C)C)cc(C(C)(C)C)c4)ccc3B3c4ccc(-n5c6ccccc6c6cc7c(cc65)C5(c6ccccc6-c6ccccc65)c5ccccc5-7)cc4N(c4c(-c5ccc(C(C)(C)C)cc5)cccc4-c4ccc(C(C)(C)C)cc4)c4cc(C(C)(C)C)cc2c43)cc1. The van der Waals surface area contributed by atoms with Crippen molar-refractivity contribution in [2.45, 2.75) is 189 Å². The molecule has 3 nitrogen and oxygen atoms in total. The second-order valence-electron chi connectivity index (χ2n) is 43.0. The monoisotopic (exact) mass is 1600 g/mol. The summed E-state index contributed by atoms with van der Waals surface area (Å²) in [6.45, 7) is 49.2. The van der Waals surface area contributed by atoms with Gasteiger partial charge in [0.15, 0.2) is 0 Å². The van der Waals surface area contributed by atoms with Crippen molar-refractivity contribution in [2.75, 3.05) is 9.80 Å². The molecule has 0 unspecified atom stereocenters. The Morgan fingerprint density at radius 1 is 0.220 bits per heavy atom. The van der Waals surface area contributed by atoms with Gasteiger partial charge in [-0.25, -0.2) is 0 Å². The van der Waals surface area contributed by atoms with Gasteiger partial charge < -0.3 is 14.4 Å². The molecule has 0 bridgehead atoms. The van der Waals surface area contributed by atoms with E-state index in [0.717, 1.165) is 73.0 Å². The van der Waals surface area contributed by atoms with Crippen LogP contribution in [0.4, 0.5) is 34.1 Å². The van der Waals surface area contributed by atoms with E-state index in [2.05, 4.69) is 469 Å². The average molecular weight is 1600 g/mol. The van der Waals surface area contributed by atoms with Crippen LogP contribution in [0.25, 0.3) is 105 Å². The van der Waals surface area contributed by atoms with E-state index in [9.17, 15) is 0 Å². The van der Waals surface area contributed by atoms with Gasteiger partial charge in [0, 0.05) is 61.5 Å². The first-order valence-electron chi connectivity index (χ1n) is 44.7. The molecule has 0 atom stereocenters. The zero-order chi connectivity index (χ0) is 85.9. The number of para-hydroxylation sites is 3. The van der Waals surface area contributed by atoms with Gasteiger partial charge >= 0.3 is 0 Å². The van der Waals surface area contributed by atoms with Crippen LogP contribution < -0.4 is 26.2 Å². The molecule has 123 heavy (non-hydrogen) atoms. The third-order valence-corrected chi connectivity index (χ3v) is 27.7. The van der Waals surface area contributed by atoms with Crippen LogP contribution in [0.1, 0.15) is 207 Å². The lowest BCUT2D eigenvalue weighted by Crippen LogP contribution is -2.61. The van der Waals surface area contributed by atoms with Crippen molar-refractivity contribution in [3.05, 3.63) is 371 Å². The maximum absolute atomic E-state index is 2.78. The summed E-state index contributed by atoms with van der Waals surface area (Å²) in [6, 6.07) is 123. The van der Waals surface area contributed by atoms with Gasteiger partial charge in [0.25, 0.3) is 6.71 Å². The third kappa shape index (κ3) is 12.8. The first kappa shape index (κ1) is 79.3. The first-order valence-corrected chi connectivity index (χ1v) is 44.7. The smallest absolute Gasteiger partial charge is 0.252 e. The number of hydrogen-bond donors (Lipinski definition) is 0. The summed E-state index contributed by atoms with van der Waals surface area (Å²) in [6.07, 6.45) is 0. The summed E-state index contributed by atoms with van der Waals surface area (Å²) in [5, 5.41) is 2.45. The van der Waals surface area contributed by atoms with E-state index < -0.39 is 5.41 Å². The molecular weight excluding hydrogens is 1480 g/mol. The molecule has 0 N–H and O–H groups in total. The topological polar surface area (TPSA) is 11.4 Å². The Morgan fingerprint density at radius 3 is 0.967 bits per heavy atom. The lowest BCUT2D eigenvalue weighted by Gasteiger charge is -2.46. The van der Waals surface area contributed by atoms with Gasteiger partial charge in [0.1, 0.15) is 0 Å². The standard InChI is InChI=1S/C119H114BN3/c1-112(2,3)79-53-44-73(45-54-79)87-36-30-37-88(74-46-55-80(56-47-74)113(4,5)6)110(87)122-105-66-77(78-64-83(116(13,14)15)67-84(65-78)117(16,17)18)52-62-101(105)120-102-63-61-86(121-103-43-29-25-35-94(103)96-71-95-93-34-24-28-42-99(93)119(100(95)72-104(96)121)97-40-26-22-32-91(97)92-33-23-27-41-98(92)119)70-106(102)123(108-69-85(118(19,20)21)68-107(122)109(108)120)111-89(75-48-57-81(58-49-75)114(7,8)9)38-31-39-90(111)76-50-59-82(60-51-76)115(10,11)12/h22-72H,1-21H3. The van der Waals surface area contributed by atoms with E-state index in [4.69, 9.17) is 0 Å². The molecule has 20 rings (SSSR count). The summed E-state index contributed by atoms with van der Waals surface area (Å²) >= 11 is 0. The van der Waals surface area contributed by atoms with Crippen LogP contribution in [-0.2, 0) is 43.3 Å². The van der Waals surface area contributed by atoms with Gasteiger partial charge in [-0.1, -0.05) is 406 Å². The summed E-state index contributed by atoms with van der Waals surface area (Å²) < 4.78 is 2.63. The quantitative estimate of drug-likeness (QED) is 0.141. The maximum Gasteiger partial charge on any atom is 0.252 e. The molecule has 4 heteroatoms. The van der Waals surface area contributed by atoms with Crippen LogP contribution in [0.2, 0.25) is 0 Å². The van der Waals surface area contributed by atoms with Gasteiger partial charge in [0.05, 0.1) is 27.8 Å². The first-order chi connectivity index (χ1) is 58.4. The van der Waals surface area contributed by atoms with Gasteiger partial charge in [-0.2, -0.15) is 0 Å². The van der Waals surface area contributed by atoms with Crippen LogP contribution in [-0.4, -0.2) is 11.3 Å². The van der Waals surface area contributed by atoms with E-state index in [1.165, 1.54) is 144 Å².